The molecule has 10 rings (SSSR count). The third-order valence-corrected chi connectivity index (χ3v) is 13.0. The minimum atomic E-state index is -5.08. The molecular weight excluding hydrogens is 864 g/mol. The van der Waals surface area contributed by atoms with E-state index in [9.17, 15) is 32.3 Å². The standard InChI is InChI=1S/C44H45N9O6.C2HF3O2/c45-40-38-39(26-6-12-31(13-7-26)58-30-4-2-1-3-5-30)49-53(41(38)47-25-46-40)29-18-20-50(21-19-29)27-8-10-28(11-9-27)51-23-33(24-51)59-32-14-15-34-35(22-32)44(57)52(43(34)56)36-16-17-37(54)48-42(36)55;3-2(4,5)1(6)7/h1-7,12-15,22,25,27-29,33,36H,8-11,16-21,23-24H2,(H2,45,46,47)(H,48,54,55);(H,6,7). The topological polar surface area (TPSA) is 215 Å². The molecule has 0 bridgehead atoms. The van der Waals surface area contributed by atoms with Gasteiger partial charge in [0.05, 0.1) is 22.6 Å². The molecule has 20 heteroatoms. The van der Waals surface area contributed by atoms with Gasteiger partial charge in [-0.3, -0.25) is 34.3 Å². The predicted molar refractivity (Wildman–Crippen MR) is 230 cm³/mol. The van der Waals surface area contributed by atoms with Gasteiger partial charge in [-0.1, -0.05) is 18.2 Å². The van der Waals surface area contributed by atoms with Gasteiger partial charge in [-0.15, -0.1) is 0 Å². The van der Waals surface area contributed by atoms with E-state index in [0.29, 0.717) is 23.7 Å². The number of alkyl halides is 3. The van der Waals surface area contributed by atoms with Crippen LogP contribution in [0.5, 0.6) is 17.2 Å². The highest BCUT2D eigenvalue weighted by atomic mass is 19.4. The van der Waals surface area contributed by atoms with E-state index in [0.717, 1.165) is 103 Å². The number of nitrogen functional groups attached to an aromatic ring is 1. The zero-order valence-corrected chi connectivity index (χ0v) is 35.5. The zero-order chi connectivity index (χ0) is 46.3. The molecule has 66 heavy (non-hydrogen) atoms. The molecule has 5 aliphatic rings. The molecule has 344 valence electrons. The van der Waals surface area contributed by atoms with Gasteiger partial charge in [-0.2, -0.15) is 18.3 Å². The molecule has 4 N–H and O–H groups in total. The molecule has 0 spiro atoms. The molecule has 4 fully saturated rings. The third-order valence-electron chi connectivity index (χ3n) is 13.0. The summed E-state index contributed by atoms with van der Waals surface area (Å²) >= 11 is 0. The monoisotopic (exact) mass is 909 g/mol. The highest BCUT2D eigenvalue weighted by molar-refractivity contribution is 6.23. The van der Waals surface area contributed by atoms with Crippen LogP contribution in [0.1, 0.15) is 78.1 Å². The first-order valence-corrected chi connectivity index (χ1v) is 21.8. The van der Waals surface area contributed by atoms with Crippen LogP contribution < -0.4 is 20.5 Å². The van der Waals surface area contributed by atoms with E-state index in [4.69, 9.17) is 30.2 Å². The molecule has 1 aliphatic carbocycles. The number of nitrogens with two attached hydrogens (primary N) is 1. The summed E-state index contributed by atoms with van der Waals surface area (Å²) in [6.07, 6.45) is 3.20. The lowest BCUT2D eigenvalue weighted by molar-refractivity contribution is -0.192. The summed E-state index contributed by atoms with van der Waals surface area (Å²) in [7, 11) is 0. The van der Waals surface area contributed by atoms with Gasteiger partial charge in [0.1, 0.15) is 47.2 Å². The molecule has 2 aromatic heterocycles. The fourth-order valence-corrected chi connectivity index (χ4v) is 9.60. The number of hydrogen-bond acceptors (Lipinski definition) is 13. The molecule has 5 aromatic rings. The largest absolute Gasteiger partial charge is 0.490 e. The van der Waals surface area contributed by atoms with Crippen molar-refractivity contribution in [3.8, 4) is 28.5 Å². The van der Waals surface area contributed by atoms with Gasteiger partial charge < -0.3 is 25.2 Å². The molecule has 4 amide bonds. The molecule has 1 saturated carbocycles. The van der Waals surface area contributed by atoms with Crippen molar-refractivity contribution >= 4 is 46.4 Å². The highest BCUT2D eigenvalue weighted by Gasteiger charge is 2.45. The van der Waals surface area contributed by atoms with E-state index in [1.54, 1.807) is 18.2 Å². The fraction of sp³-hybridized carbons (Fsp3) is 0.391. The van der Waals surface area contributed by atoms with Crippen molar-refractivity contribution in [3.05, 3.63) is 90.3 Å². The average Bonchev–Trinajstić information content (AvgIpc) is 3.80. The lowest BCUT2D eigenvalue weighted by atomic mass is 9.86. The summed E-state index contributed by atoms with van der Waals surface area (Å²) in [5.41, 5.74) is 9.41. The van der Waals surface area contributed by atoms with E-state index < -0.39 is 41.8 Å². The van der Waals surface area contributed by atoms with Gasteiger partial charge in [-0.25, -0.2) is 19.4 Å². The molecule has 3 aromatic carbocycles. The van der Waals surface area contributed by atoms with Gasteiger partial charge >= 0.3 is 12.1 Å². The van der Waals surface area contributed by atoms with Gasteiger partial charge in [0.2, 0.25) is 11.8 Å². The van der Waals surface area contributed by atoms with E-state index in [2.05, 4.69) is 29.8 Å². The number of para-hydroxylation sites is 1. The molecule has 1 atom stereocenters. The molecule has 0 radical (unpaired) electrons. The number of carboxylic acid groups (broad SMARTS) is 1. The SMILES string of the molecule is Nc1ncnc2c1c(-c1ccc(Oc3ccccc3)cc1)nn2C1CCN(C2CCC(N3CC(Oc4ccc5c(c4)C(=O)N(C4CCC(=O)NC4=O)C5=O)C3)CC2)CC1.O=C(O)C(F)(F)F. The van der Waals surface area contributed by atoms with Crippen molar-refractivity contribution in [2.24, 2.45) is 0 Å². The Bertz CT molecular complexity index is 2660. The van der Waals surface area contributed by atoms with Crippen LogP contribution in [-0.2, 0) is 14.4 Å². The number of aliphatic carboxylic acids is 1. The Morgan fingerprint density at radius 1 is 0.758 bits per heavy atom. The van der Waals surface area contributed by atoms with Crippen LogP contribution >= 0.6 is 0 Å². The summed E-state index contributed by atoms with van der Waals surface area (Å²) in [6.45, 7) is 3.63. The number of nitrogens with zero attached hydrogens (tertiary/aromatic N) is 7. The second-order valence-electron chi connectivity index (χ2n) is 17.1. The summed E-state index contributed by atoms with van der Waals surface area (Å²) in [4.78, 5) is 74.4. The number of aromatic nitrogens is 4. The summed E-state index contributed by atoms with van der Waals surface area (Å²) < 4.78 is 46.1. The number of anilines is 1. The van der Waals surface area contributed by atoms with Gasteiger partial charge in [0.15, 0.2) is 5.65 Å². The van der Waals surface area contributed by atoms with Crippen molar-refractivity contribution in [1.29, 1.82) is 0 Å². The maximum absolute atomic E-state index is 13.3. The number of halogens is 3. The van der Waals surface area contributed by atoms with Gasteiger partial charge in [0.25, 0.3) is 11.8 Å². The smallest absolute Gasteiger partial charge is 0.488 e. The molecule has 17 nitrogen and oxygen atoms in total. The average molecular weight is 910 g/mol. The minimum absolute atomic E-state index is 0.00391. The third kappa shape index (κ3) is 9.02. The number of hydrogen-bond donors (Lipinski definition) is 3. The first kappa shape index (κ1) is 44.3. The summed E-state index contributed by atoms with van der Waals surface area (Å²) in [5.74, 6) is -2.34. The van der Waals surface area contributed by atoms with Crippen LogP contribution in [-0.4, -0.2) is 126 Å². The maximum atomic E-state index is 13.3. The molecule has 4 aliphatic heterocycles. The van der Waals surface area contributed by atoms with Crippen LogP contribution in [0.15, 0.2) is 79.1 Å². The van der Waals surface area contributed by atoms with Gasteiger partial charge in [-0.05, 0) is 99.5 Å². The van der Waals surface area contributed by atoms with Crippen LogP contribution in [0.25, 0.3) is 22.3 Å². The Morgan fingerprint density at radius 2 is 1.38 bits per heavy atom. The van der Waals surface area contributed by atoms with Gasteiger partial charge in [0, 0.05) is 50.2 Å². The fourth-order valence-electron chi connectivity index (χ4n) is 9.60. The Balaban J connectivity index is 0.000000726. The molecular formula is C46H46F3N9O8. The Morgan fingerprint density at radius 3 is 2.03 bits per heavy atom. The lowest BCUT2D eigenvalue weighted by Crippen LogP contribution is -2.59. The number of carbonyl (C=O) groups excluding carboxylic acids is 4. The number of rotatable bonds is 9. The number of imide groups is 2. The number of fused-ring (bicyclic) bond motifs is 2. The predicted octanol–water partition coefficient (Wildman–Crippen LogP) is 5.61. The zero-order valence-electron chi connectivity index (χ0n) is 35.5. The number of benzene rings is 3. The number of ether oxygens (including phenoxy) is 2. The number of carboxylic acids is 1. The molecule has 6 heterocycles. The first-order chi connectivity index (χ1) is 31.7. The normalized spacial score (nSPS) is 22.0. The molecule has 3 saturated heterocycles. The van der Waals surface area contributed by atoms with Crippen LogP contribution in [0, 0.1) is 0 Å². The Labute approximate surface area is 375 Å². The molecule has 1 unspecified atom stereocenters. The number of piperidine rings is 2. The number of likely N-dealkylation sites (tertiary alicyclic amines) is 2. The summed E-state index contributed by atoms with van der Waals surface area (Å²) in [6, 6.07) is 22.8. The van der Waals surface area contributed by atoms with Crippen molar-refractivity contribution in [2.45, 2.75) is 87.8 Å². The van der Waals surface area contributed by atoms with Crippen LogP contribution in [0.4, 0.5) is 19.0 Å². The van der Waals surface area contributed by atoms with Crippen LogP contribution in [0.3, 0.4) is 0 Å². The quantitative estimate of drug-likeness (QED) is 0.153. The van der Waals surface area contributed by atoms with E-state index in [1.807, 2.05) is 54.6 Å². The van der Waals surface area contributed by atoms with Crippen molar-refractivity contribution in [3.63, 3.8) is 0 Å². The Kier molecular flexibility index (Phi) is 12.2. The van der Waals surface area contributed by atoms with Crippen molar-refractivity contribution < 1.29 is 51.7 Å². The second-order valence-corrected chi connectivity index (χ2v) is 17.1. The van der Waals surface area contributed by atoms with E-state index >= 15 is 0 Å². The van der Waals surface area contributed by atoms with Crippen molar-refractivity contribution in [2.75, 3.05) is 31.9 Å². The minimum Gasteiger partial charge on any atom is -0.488 e. The summed E-state index contributed by atoms with van der Waals surface area (Å²) in [5, 5.41) is 15.3. The Hall–Kier alpha value is -6.93. The van der Waals surface area contributed by atoms with Crippen molar-refractivity contribution in [1.82, 2.24) is 39.8 Å². The van der Waals surface area contributed by atoms with E-state index in [1.165, 1.54) is 6.33 Å². The highest BCUT2D eigenvalue weighted by Crippen LogP contribution is 2.38. The van der Waals surface area contributed by atoms with E-state index in [-0.39, 0.29) is 36.1 Å². The van der Waals surface area contributed by atoms with Crippen LogP contribution in [0.2, 0.25) is 0 Å². The number of amides is 4. The number of nitrogens with one attached hydrogen (secondary N) is 1. The first-order valence-electron chi connectivity index (χ1n) is 21.8. The number of carbonyl (C=O) groups is 5. The maximum Gasteiger partial charge on any atom is 0.490 e. The second kappa shape index (κ2) is 18.2. The lowest BCUT2D eigenvalue weighted by Gasteiger charge is -2.48.